The molecule has 1 saturated heterocycles. The molecule has 2 aromatic heterocycles. The molecule has 1 aromatic carbocycles. The molecule has 1 aliphatic rings. The van der Waals surface area contributed by atoms with Gasteiger partial charge in [0.25, 0.3) is 0 Å². The van der Waals surface area contributed by atoms with Gasteiger partial charge in [0.15, 0.2) is 5.82 Å². The van der Waals surface area contributed by atoms with Crippen LogP contribution in [0.5, 0.6) is 0 Å². The summed E-state index contributed by atoms with van der Waals surface area (Å²) in [7, 11) is 0. The van der Waals surface area contributed by atoms with Gasteiger partial charge in [0.2, 0.25) is 0 Å². The van der Waals surface area contributed by atoms with Crippen LogP contribution in [-0.4, -0.2) is 56.9 Å². The SMILES string of the molecule is Cc1ccc(-n2nc(NC(=O)N3CCN(c4cnccn4)CC3)cc2C)cc1. The number of urea groups is 1. The Hall–Kier alpha value is -3.42. The summed E-state index contributed by atoms with van der Waals surface area (Å²) in [5.41, 5.74) is 3.13. The highest BCUT2D eigenvalue weighted by Gasteiger charge is 2.22. The summed E-state index contributed by atoms with van der Waals surface area (Å²) in [6.07, 6.45) is 5.09. The van der Waals surface area contributed by atoms with Gasteiger partial charge < -0.3 is 9.80 Å². The number of hydrogen-bond donors (Lipinski definition) is 1. The molecular weight excluding hydrogens is 354 g/mol. The molecule has 0 saturated carbocycles. The first-order valence-electron chi connectivity index (χ1n) is 9.31. The smallest absolute Gasteiger partial charge is 0.323 e. The van der Waals surface area contributed by atoms with Crippen molar-refractivity contribution >= 4 is 17.7 Å². The van der Waals surface area contributed by atoms with Crippen molar-refractivity contribution in [1.29, 1.82) is 0 Å². The summed E-state index contributed by atoms with van der Waals surface area (Å²) in [5.74, 6) is 1.40. The Labute approximate surface area is 163 Å². The van der Waals surface area contributed by atoms with Crippen LogP contribution in [0.1, 0.15) is 11.3 Å². The van der Waals surface area contributed by atoms with E-state index >= 15 is 0 Å². The molecule has 0 atom stereocenters. The number of piperazine rings is 1. The van der Waals surface area contributed by atoms with Crippen LogP contribution in [-0.2, 0) is 0 Å². The van der Waals surface area contributed by atoms with E-state index in [-0.39, 0.29) is 6.03 Å². The van der Waals surface area contributed by atoms with Gasteiger partial charge in [0, 0.05) is 50.3 Å². The number of benzene rings is 1. The predicted molar refractivity (Wildman–Crippen MR) is 108 cm³/mol. The van der Waals surface area contributed by atoms with E-state index in [2.05, 4.69) is 32.2 Å². The minimum atomic E-state index is -0.132. The number of aryl methyl sites for hydroxylation is 2. The predicted octanol–water partition coefficient (Wildman–Crippen LogP) is 2.63. The summed E-state index contributed by atoms with van der Waals surface area (Å²) in [4.78, 5) is 25.0. The van der Waals surface area contributed by atoms with Crippen molar-refractivity contribution in [3.05, 3.63) is 60.2 Å². The molecule has 8 nitrogen and oxygen atoms in total. The van der Waals surface area contributed by atoms with Crippen molar-refractivity contribution in [2.45, 2.75) is 13.8 Å². The maximum absolute atomic E-state index is 12.6. The summed E-state index contributed by atoms with van der Waals surface area (Å²) in [6.45, 7) is 6.73. The van der Waals surface area contributed by atoms with Crippen LogP contribution in [0.4, 0.5) is 16.4 Å². The van der Waals surface area contributed by atoms with Gasteiger partial charge in [-0.2, -0.15) is 0 Å². The lowest BCUT2D eigenvalue weighted by molar-refractivity contribution is 0.208. The number of carbonyl (C=O) groups excluding carboxylic acids is 1. The third kappa shape index (κ3) is 3.80. The van der Waals surface area contributed by atoms with E-state index in [9.17, 15) is 4.79 Å². The second kappa shape index (κ2) is 7.67. The van der Waals surface area contributed by atoms with Gasteiger partial charge in [-0.15, -0.1) is 5.10 Å². The largest absolute Gasteiger partial charge is 0.352 e. The third-order valence-corrected chi connectivity index (χ3v) is 4.84. The van der Waals surface area contributed by atoms with Gasteiger partial charge in [-0.3, -0.25) is 10.3 Å². The fourth-order valence-corrected chi connectivity index (χ4v) is 3.26. The van der Waals surface area contributed by atoms with E-state index < -0.39 is 0 Å². The monoisotopic (exact) mass is 377 g/mol. The Kier molecular flexibility index (Phi) is 4.92. The molecule has 1 aliphatic heterocycles. The van der Waals surface area contributed by atoms with Crippen LogP contribution in [0.3, 0.4) is 0 Å². The van der Waals surface area contributed by atoms with E-state index in [0.717, 1.165) is 30.3 Å². The third-order valence-electron chi connectivity index (χ3n) is 4.84. The van der Waals surface area contributed by atoms with Crippen LogP contribution in [0.25, 0.3) is 5.69 Å². The molecule has 0 aliphatic carbocycles. The molecular formula is C20H23N7O. The first-order valence-corrected chi connectivity index (χ1v) is 9.31. The molecule has 1 fully saturated rings. The Morgan fingerprint density at radius 3 is 2.46 bits per heavy atom. The lowest BCUT2D eigenvalue weighted by atomic mass is 10.2. The van der Waals surface area contributed by atoms with E-state index in [1.165, 1.54) is 5.56 Å². The van der Waals surface area contributed by atoms with Crippen LogP contribution in [0.15, 0.2) is 48.9 Å². The van der Waals surface area contributed by atoms with Crippen LogP contribution in [0, 0.1) is 13.8 Å². The first kappa shape index (κ1) is 18.0. The summed E-state index contributed by atoms with van der Waals surface area (Å²) < 4.78 is 1.83. The van der Waals surface area contributed by atoms with Crippen LogP contribution < -0.4 is 10.2 Å². The molecule has 144 valence electrons. The van der Waals surface area contributed by atoms with Gasteiger partial charge in [0.05, 0.1) is 11.9 Å². The number of carbonyl (C=O) groups is 1. The van der Waals surface area contributed by atoms with Gasteiger partial charge in [-0.25, -0.2) is 14.5 Å². The zero-order valence-corrected chi connectivity index (χ0v) is 16.0. The van der Waals surface area contributed by atoms with Gasteiger partial charge in [0.1, 0.15) is 5.82 Å². The molecule has 1 N–H and O–H groups in total. The standard InChI is InChI=1S/C20H23N7O/c1-15-3-5-17(6-4-15)27-16(2)13-18(24-27)23-20(28)26-11-9-25(10-12-26)19-14-21-7-8-22-19/h3-8,13-14H,9-12H2,1-2H3,(H,23,24,28). The molecule has 3 aromatic rings. The van der Waals surface area contributed by atoms with Crippen molar-refractivity contribution in [3.8, 4) is 5.69 Å². The minimum absolute atomic E-state index is 0.132. The van der Waals surface area contributed by atoms with E-state index in [0.29, 0.717) is 18.9 Å². The number of nitrogens with one attached hydrogen (secondary N) is 1. The zero-order chi connectivity index (χ0) is 19.5. The molecule has 4 rings (SSSR count). The second-order valence-electron chi connectivity index (χ2n) is 6.89. The van der Waals surface area contributed by atoms with Crippen molar-refractivity contribution in [2.75, 3.05) is 36.4 Å². The second-order valence-corrected chi connectivity index (χ2v) is 6.89. The Bertz CT molecular complexity index is 944. The summed E-state index contributed by atoms with van der Waals surface area (Å²) in [6, 6.07) is 9.89. The maximum Gasteiger partial charge on any atom is 0.323 e. The number of nitrogens with zero attached hydrogens (tertiary/aromatic N) is 6. The summed E-state index contributed by atoms with van der Waals surface area (Å²) in [5, 5.41) is 7.45. The molecule has 8 heteroatoms. The fourth-order valence-electron chi connectivity index (χ4n) is 3.26. The topological polar surface area (TPSA) is 79.2 Å². The molecule has 0 spiro atoms. The highest BCUT2D eigenvalue weighted by molar-refractivity contribution is 5.88. The van der Waals surface area contributed by atoms with Crippen molar-refractivity contribution in [2.24, 2.45) is 0 Å². The van der Waals surface area contributed by atoms with Gasteiger partial charge >= 0.3 is 6.03 Å². The molecule has 0 unspecified atom stereocenters. The zero-order valence-electron chi connectivity index (χ0n) is 16.0. The van der Waals surface area contributed by atoms with E-state index in [1.54, 1.807) is 23.5 Å². The maximum atomic E-state index is 12.6. The number of aromatic nitrogens is 4. The normalized spacial score (nSPS) is 14.2. The number of rotatable bonds is 3. The van der Waals surface area contributed by atoms with Crippen molar-refractivity contribution in [3.63, 3.8) is 0 Å². The lowest BCUT2D eigenvalue weighted by Gasteiger charge is -2.34. The molecule has 28 heavy (non-hydrogen) atoms. The Morgan fingerprint density at radius 1 is 1.04 bits per heavy atom. The van der Waals surface area contributed by atoms with Crippen molar-refractivity contribution in [1.82, 2.24) is 24.6 Å². The number of amides is 2. The number of anilines is 2. The highest BCUT2D eigenvalue weighted by Crippen LogP contribution is 2.17. The number of hydrogen-bond acceptors (Lipinski definition) is 5. The average Bonchev–Trinajstić information content (AvgIpc) is 3.09. The fraction of sp³-hybridized carbons (Fsp3) is 0.300. The Morgan fingerprint density at radius 2 is 1.79 bits per heavy atom. The first-order chi connectivity index (χ1) is 13.6. The minimum Gasteiger partial charge on any atom is -0.352 e. The molecule has 0 radical (unpaired) electrons. The molecule has 2 amide bonds. The lowest BCUT2D eigenvalue weighted by Crippen LogP contribution is -2.50. The van der Waals surface area contributed by atoms with E-state index in [4.69, 9.17) is 0 Å². The van der Waals surface area contributed by atoms with Gasteiger partial charge in [-0.1, -0.05) is 17.7 Å². The quantitative estimate of drug-likeness (QED) is 0.759. The van der Waals surface area contributed by atoms with Crippen LogP contribution in [0.2, 0.25) is 0 Å². The van der Waals surface area contributed by atoms with Crippen LogP contribution >= 0.6 is 0 Å². The Balaban J connectivity index is 1.38. The molecule has 0 bridgehead atoms. The highest BCUT2D eigenvalue weighted by atomic mass is 16.2. The van der Waals surface area contributed by atoms with Gasteiger partial charge in [-0.05, 0) is 26.0 Å². The average molecular weight is 377 g/mol. The summed E-state index contributed by atoms with van der Waals surface area (Å²) >= 11 is 0. The van der Waals surface area contributed by atoms with Crippen molar-refractivity contribution < 1.29 is 4.79 Å². The molecule has 3 heterocycles. The van der Waals surface area contributed by atoms with E-state index in [1.807, 2.05) is 41.9 Å².